The van der Waals surface area contributed by atoms with Crippen LogP contribution in [0.5, 0.6) is 0 Å². The van der Waals surface area contributed by atoms with Crippen molar-refractivity contribution in [2.45, 2.75) is 15.4 Å². The number of aliphatic carboxylic acids is 1. The van der Waals surface area contributed by atoms with Gasteiger partial charge in [-0.3, -0.25) is 14.5 Å². The molecule has 194 valence electrons. The number of carboxylic acids is 1. The van der Waals surface area contributed by atoms with Crippen molar-refractivity contribution in [3.05, 3.63) is 35.4 Å². The molecule has 14 nitrogen and oxygen atoms in total. The number of carbonyl (C=O) groups excluding carboxylic acids is 4. The van der Waals surface area contributed by atoms with Crippen LogP contribution in [0.4, 0.5) is 9.59 Å². The largest absolute Gasteiger partial charge is 0.477 e. The van der Waals surface area contributed by atoms with Gasteiger partial charge in [-0.1, -0.05) is 5.16 Å². The number of alkyl halides is 3. The van der Waals surface area contributed by atoms with Crippen LogP contribution in [-0.2, 0) is 28.7 Å². The first-order chi connectivity index (χ1) is 16.9. The summed E-state index contributed by atoms with van der Waals surface area (Å²) in [7, 11) is 1.22. The highest BCUT2D eigenvalue weighted by molar-refractivity contribution is 8.00. The van der Waals surface area contributed by atoms with Crippen LogP contribution in [0.2, 0.25) is 0 Å². The summed E-state index contributed by atoms with van der Waals surface area (Å²) >= 11 is 16.9. The van der Waals surface area contributed by atoms with Crippen LogP contribution in [0, 0.1) is 0 Å². The van der Waals surface area contributed by atoms with E-state index >= 15 is 0 Å². The third kappa shape index (κ3) is 6.34. The number of halogens is 3. The Morgan fingerprint density at radius 3 is 2.61 bits per heavy atom. The van der Waals surface area contributed by atoms with Gasteiger partial charge in [0.1, 0.15) is 30.8 Å². The molecule has 0 unspecified atom stereocenters. The van der Waals surface area contributed by atoms with Crippen molar-refractivity contribution < 1.29 is 47.8 Å². The van der Waals surface area contributed by atoms with Crippen LogP contribution in [0.1, 0.15) is 5.76 Å². The highest BCUT2D eigenvalue weighted by Crippen LogP contribution is 2.40. The van der Waals surface area contributed by atoms with E-state index in [-0.39, 0.29) is 22.8 Å². The molecule has 0 bridgehead atoms. The van der Waals surface area contributed by atoms with Gasteiger partial charge in [-0.15, -0.1) is 11.8 Å². The number of hydrogen-bond acceptors (Lipinski definition) is 11. The van der Waals surface area contributed by atoms with Crippen molar-refractivity contribution in [1.82, 2.24) is 15.5 Å². The summed E-state index contributed by atoms with van der Waals surface area (Å²) in [6.45, 7) is -0.585. The third-order valence-electron chi connectivity index (χ3n) is 4.48. The number of amides is 4. The molecule has 1 fully saturated rings. The van der Waals surface area contributed by atoms with E-state index in [2.05, 4.69) is 20.0 Å². The summed E-state index contributed by atoms with van der Waals surface area (Å²) in [5, 5.41) is 16.6. The monoisotopic (exact) mass is 584 g/mol. The summed E-state index contributed by atoms with van der Waals surface area (Å²) in [5.74, 6) is -2.85. The van der Waals surface area contributed by atoms with Gasteiger partial charge >= 0.3 is 22.1 Å². The first-order valence-corrected chi connectivity index (χ1v) is 11.7. The van der Waals surface area contributed by atoms with Crippen molar-refractivity contribution in [1.29, 1.82) is 0 Å². The van der Waals surface area contributed by atoms with E-state index in [1.165, 1.54) is 25.5 Å². The second-order valence-electron chi connectivity index (χ2n) is 6.75. The van der Waals surface area contributed by atoms with Gasteiger partial charge in [-0.25, -0.2) is 19.7 Å². The first kappa shape index (κ1) is 27.4. The summed E-state index contributed by atoms with van der Waals surface area (Å²) in [5.41, 5.74) is -0.594. The van der Waals surface area contributed by atoms with Gasteiger partial charge in [-0.05, 0) is 46.9 Å². The van der Waals surface area contributed by atoms with E-state index in [1.807, 2.05) is 0 Å². The number of carbonyl (C=O) groups is 5. The normalized spacial score (nSPS) is 19.6. The molecule has 3 N–H and O–H groups in total. The smallest absolute Gasteiger partial charge is 0.420 e. The van der Waals surface area contributed by atoms with Crippen LogP contribution in [0.3, 0.4) is 0 Å². The molecule has 0 radical (unpaired) electrons. The van der Waals surface area contributed by atoms with Gasteiger partial charge in [0.25, 0.3) is 11.8 Å². The molecule has 36 heavy (non-hydrogen) atoms. The lowest BCUT2D eigenvalue weighted by atomic mass is 10.0. The third-order valence-corrected chi connectivity index (χ3v) is 6.05. The number of fused-ring (bicyclic) bond motifs is 1. The Kier molecular flexibility index (Phi) is 8.60. The highest BCUT2D eigenvalue weighted by Gasteiger charge is 2.54. The molecule has 1 saturated heterocycles. The van der Waals surface area contributed by atoms with E-state index in [1.54, 1.807) is 5.32 Å². The maximum Gasteiger partial charge on any atom is 0.420 e. The molecule has 0 aliphatic carbocycles. The fraction of sp³-hybridized carbons (Fsp3) is 0.333. The number of imide groups is 1. The van der Waals surface area contributed by atoms with Gasteiger partial charge in [0.05, 0.1) is 6.26 Å². The number of nitrogens with one attached hydrogen (secondary N) is 2. The molecular weight excluding hydrogens is 571 g/mol. The van der Waals surface area contributed by atoms with Gasteiger partial charge in [0.2, 0.25) is 5.71 Å². The van der Waals surface area contributed by atoms with Gasteiger partial charge in [0.15, 0.2) is 5.76 Å². The second kappa shape index (κ2) is 11.3. The van der Waals surface area contributed by atoms with Crippen LogP contribution >= 0.6 is 46.6 Å². The van der Waals surface area contributed by atoms with Crippen molar-refractivity contribution >= 4 is 82.2 Å². The minimum absolute atomic E-state index is 0.0194. The van der Waals surface area contributed by atoms with E-state index in [4.69, 9.17) is 44.0 Å². The minimum atomic E-state index is -2.42. The molecule has 0 aromatic carbocycles. The average molecular weight is 586 g/mol. The molecule has 1 aromatic heterocycles. The predicted molar refractivity (Wildman–Crippen MR) is 123 cm³/mol. The van der Waals surface area contributed by atoms with Gasteiger partial charge in [0, 0.05) is 11.3 Å². The van der Waals surface area contributed by atoms with Crippen molar-refractivity contribution in [3.8, 4) is 0 Å². The van der Waals surface area contributed by atoms with E-state index < -0.39 is 57.7 Å². The van der Waals surface area contributed by atoms with Crippen LogP contribution in [0.25, 0.3) is 0 Å². The Bertz CT molecular complexity index is 1130. The predicted octanol–water partition coefficient (Wildman–Crippen LogP) is 1.56. The summed E-state index contributed by atoms with van der Waals surface area (Å²) in [6.07, 6.45) is -1.42. The fourth-order valence-electron chi connectivity index (χ4n) is 3.11. The Morgan fingerprint density at radius 2 is 2.03 bits per heavy atom. The van der Waals surface area contributed by atoms with Crippen molar-refractivity contribution in [2.75, 3.05) is 19.5 Å². The number of nitrogens with zero attached hydrogens (tertiary/aromatic N) is 2. The number of carboxylic acid groups (broad SMARTS) is 1. The Hall–Kier alpha value is -3.14. The number of thioether (sulfide) groups is 1. The fourth-order valence-corrected chi connectivity index (χ4v) is 4.65. The number of hydrogen-bond donors (Lipinski definition) is 3. The zero-order chi connectivity index (χ0) is 26.6. The maximum atomic E-state index is 12.8. The molecule has 3 heterocycles. The molecule has 3 rings (SSSR count). The lowest BCUT2D eigenvalue weighted by molar-refractivity contribution is -0.150. The number of ether oxygens (including phenoxy) is 2. The van der Waals surface area contributed by atoms with Crippen molar-refractivity contribution in [3.63, 3.8) is 0 Å². The van der Waals surface area contributed by atoms with E-state index in [0.29, 0.717) is 0 Å². The van der Waals surface area contributed by atoms with E-state index in [9.17, 15) is 29.1 Å². The van der Waals surface area contributed by atoms with Crippen LogP contribution in [0.15, 0.2) is 39.2 Å². The summed E-state index contributed by atoms with van der Waals surface area (Å²) < 4.78 is 11.8. The lowest BCUT2D eigenvalue weighted by Crippen LogP contribution is -2.71. The highest BCUT2D eigenvalue weighted by atomic mass is 35.6. The summed E-state index contributed by atoms with van der Waals surface area (Å²) in [6, 6.07) is 1.92. The Labute approximate surface area is 220 Å². The average Bonchev–Trinajstić information content (AvgIpc) is 3.31. The molecular formula is C18H15Cl3N4O10S. The number of oxime groups is 1. The topological polar surface area (TPSA) is 186 Å². The molecule has 0 spiro atoms. The maximum absolute atomic E-state index is 12.8. The first-order valence-electron chi connectivity index (χ1n) is 9.52. The molecule has 1 aromatic rings. The zero-order valence-corrected chi connectivity index (χ0v) is 20.9. The van der Waals surface area contributed by atoms with Crippen LogP contribution < -0.4 is 10.6 Å². The SMILES string of the molecule is CO/N=C(\C(=O)N[C@@H]1C(=O)N2C(C(=O)O)=C(COC(=O)NC(=O)OC(Cl)(Cl)Cl)CS[C@H]12)c1ccco1. The molecule has 2 aliphatic heterocycles. The van der Waals surface area contributed by atoms with Gasteiger partial charge < -0.3 is 29.2 Å². The number of β-lactam (4-membered cyclic amide) rings is 1. The molecule has 2 atom stereocenters. The standard InChI is InChI=1S/C18H15Cl3N4O10S/c1-32-24-9(8-3-2-4-33-8)12(26)22-10-13(27)25-11(15(28)29)7(6-36-14(10)25)5-34-16(30)23-17(31)35-18(19,20)21/h2-4,10,14H,5-6H2,1H3,(H,22,26)(H,28,29)(H,23,30,31)/b24-9-/t10-,14-/m1/s1. The molecule has 0 saturated carbocycles. The minimum Gasteiger partial charge on any atom is -0.477 e. The zero-order valence-electron chi connectivity index (χ0n) is 17.9. The van der Waals surface area contributed by atoms with Crippen LogP contribution in [-0.4, -0.2) is 80.6 Å². The Morgan fingerprint density at radius 1 is 1.31 bits per heavy atom. The Balaban J connectivity index is 1.66. The molecule has 18 heteroatoms. The number of rotatable bonds is 7. The van der Waals surface area contributed by atoms with Crippen molar-refractivity contribution in [2.24, 2.45) is 5.16 Å². The van der Waals surface area contributed by atoms with Gasteiger partial charge in [-0.2, -0.15) is 0 Å². The number of alkyl carbamates (subject to hydrolysis) is 2. The van der Waals surface area contributed by atoms with E-state index in [0.717, 1.165) is 16.7 Å². The summed E-state index contributed by atoms with van der Waals surface area (Å²) in [4.78, 5) is 66.1. The molecule has 4 amide bonds. The number of furan rings is 1. The quantitative estimate of drug-likeness (QED) is 0.182. The molecule has 2 aliphatic rings. The second-order valence-corrected chi connectivity index (χ2v) is 10.0. The lowest BCUT2D eigenvalue weighted by Gasteiger charge is -2.49.